The molecule has 1 aromatic rings. The van der Waals surface area contributed by atoms with Crippen LogP contribution in [0, 0.1) is 5.92 Å². The number of pyridine rings is 1. The molecule has 0 aliphatic heterocycles. The highest BCUT2D eigenvalue weighted by molar-refractivity contribution is 5.19. The third-order valence-corrected chi connectivity index (χ3v) is 4.35. The van der Waals surface area contributed by atoms with E-state index in [0.717, 1.165) is 18.9 Å². The van der Waals surface area contributed by atoms with Crippen LogP contribution in [0.15, 0.2) is 18.3 Å². The maximum Gasteiger partial charge on any atom is 0.0573 e. The van der Waals surface area contributed by atoms with Crippen LogP contribution in [0.4, 0.5) is 0 Å². The van der Waals surface area contributed by atoms with Crippen molar-refractivity contribution < 1.29 is 0 Å². The Morgan fingerprint density at radius 1 is 1.22 bits per heavy atom. The molecule has 0 bridgehead atoms. The maximum absolute atomic E-state index is 4.50. The molecule has 1 aliphatic carbocycles. The first-order chi connectivity index (χ1) is 8.83. The Balaban J connectivity index is 1.81. The van der Waals surface area contributed by atoms with Crippen LogP contribution in [0.5, 0.6) is 0 Å². The fraction of sp³-hybridized carbons (Fsp3) is 0.688. The molecule has 1 aromatic heterocycles. The van der Waals surface area contributed by atoms with E-state index in [1.54, 1.807) is 0 Å². The van der Waals surface area contributed by atoms with Gasteiger partial charge in [-0.05, 0) is 49.7 Å². The van der Waals surface area contributed by atoms with E-state index >= 15 is 0 Å². The largest absolute Gasteiger partial charge is 0.308 e. The highest BCUT2D eigenvalue weighted by Gasteiger charge is 2.19. The van der Waals surface area contributed by atoms with Crippen molar-refractivity contribution in [1.29, 1.82) is 0 Å². The van der Waals surface area contributed by atoms with Crippen LogP contribution in [0.2, 0.25) is 0 Å². The fourth-order valence-corrected chi connectivity index (χ4v) is 2.97. The van der Waals surface area contributed by atoms with Crippen LogP contribution in [0.25, 0.3) is 0 Å². The first-order valence-electron chi connectivity index (χ1n) is 7.49. The molecule has 0 radical (unpaired) electrons. The van der Waals surface area contributed by atoms with Crippen LogP contribution in [0.1, 0.15) is 57.2 Å². The van der Waals surface area contributed by atoms with Crippen molar-refractivity contribution in [1.82, 2.24) is 10.3 Å². The average Bonchev–Trinajstić information content (AvgIpc) is 2.46. The zero-order valence-corrected chi connectivity index (χ0v) is 11.8. The Hall–Kier alpha value is -0.890. The lowest BCUT2D eigenvalue weighted by Crippen LogP contribution is -2.33. The van der Waals surface area contributed by atoms with E-state index < -0.39 is 0 Å². The summed E-state index contributed by atoms with van der Waals surface area (Å²) in [4.78, 5) is 4.50. The predicted molar refractivity (Wildman–Crippen MR) is 76.5 cm³/mol. The van der Waals surface area contributed by atoms with Gasteiger partial charge in [-0.25, -0.2) is 0 Å². The van der Waals surface area contributed by atoms with Gasteiger partial charge in [-0.2, -0.15) is 0 Å². The molecule has 1 saturated carbocycles. The highest BCUT2D eigenvalue weighted by Crippen LogP contribution is 2.26. The Morgan fingerprint density at radius 2 is 2.00 bits per heavy atom. The predicted octanol–water partition coefficient (Wildman–Crippen LogP) is 3.70. The molecule has 2 nitrogen and oxygen atoms in total. The third-order valence-electron chi connectivity index (χ3n) is 4.35. The Bertz CT molecular complexity index is 354. The molecule has 0 unspecified atom stereocenters. The van der Waals surface area contributed by atoms with Gasteiger partial charge in [-0.3, -0.25) is 4.98 Å². The summed E-state index contributed by atoms with van der Waals surface area (Å²) < 4.78 is 0. The van der Waals surface area contributed by atoms with Crippen LogP contribution in [-0.4, -0.2) is 11.0 Å². The minimum Gasteiger partial charge on any atom is -0.308 e. The molecule has 0 spiro atoms. The van der Waals surface area contributed by atoms with Crippen molar-refractivity contribution in [3.63, 3.8) is 0 Å². The molecule has 1 N–H and O–H groups in total. The number of aryl methyl sites for hydroxylation is 1. The summed E-state index contributed by atoms with van der Waals surface area (Å²) in [6.45, 7) is 5.46. The smallest absolute Gasteiger partial charge is 0.0573 e. The van der Waals surface area contributed by atoms with Crippen molar-refractivity contribution in [3.05, 3.63) is 29.6 Å². The summed E-state index contributed by atoms with van der Waals surface area (Å²) in [5.74, 6) is 0.976. The van der Waals surface area contributed by atoms with Gasteiger partial charge >= 0.3 is 0 Å². The minimum atomic E-state index is 0.708. The fourth-order valence-electron chi connectivity index (χ4n) is 2.97. The van der Waals surface area contributed by atoms with Crippen molar-refractivity contribution in [2.24, 2.45) is 5.92 Å². The van der Waals surface area contributed by atoms with Crippen molar-refractivity contribution in [2.45, 2.75) is 65.0 Å². The highest BCUT2D eigenvalue weighted by atomic mass is 14.9. The second-order valence-corrected chi connectivity index (χ2v) is 5.47. The zero-order chi connectivity index (χ0) is 12.8. The SMILES string of the molecule is CCc1cccnc1CNC1CCC(CC)CC1. The monoisotopic (exact) mass is 246 g/mol. The molecule has 2 heteroatoms. The summed E-state index contributed by atoms with van der Waals surface area (Å²) in [6.07, 6.45) is 9.82. The number of aromatic nitrogens is 1. The van der Waals surface area contributed by atoms with Gasteiger partial charge in [-0.1, -0.05) is 26.3 Å². The van der Waals surface area contributed by atoms with Crippen molar-refractivity contribution in [3.8, 4) is 0 Å². The number of nitrogens with zero attached hydrogens (tertiary/aromatic N) is 1. The lowest BCUT2D eigenvalue weighted by molar-refractivity contribution is 0.284. The number of hydrogen-bond acceptors (Lipinski definition) is 2. The standard InChI is InChI=1S/C16H26N2/c1-3-13-7-9-15(10-8-13)18-12-16-14(4-2)6-5-11-17-16/h5-6,11,13,15,18H,3-4,7-10,12H2,1-2H3. The molecule has 0 amide bonds. The van der Waals surface area contributed by atoms with Gasteiger partial charge in [0.05, 0.1) is 5.69 Å². The topological polar surface area (TPSA) is 24.9 Å². The van der Waals surface area contributed by atoms with E-state index in [2.05, 4.69) is 30.2 Å². The second kappa shape index (κ2) is 6.89. The van der Waals surface area contributed by atoms with E-state index in [4.69, 9.17) is 0 Å². The molecule has 1 heterocycles. The number of nitrogens with one attached hydrogen (secondary N) is 1. The van der Waals surface area contributed by atoms with E-state index in [1.807, 2.05) is 12.3 Å². The van der Waals surface area contributed by atoms with Crippen LogP contribution in [0.3, 0.4) is 0 Å². The Kier molecular flexibility index (Phi) is 5.18. The summed E-state index contributed by atoms with van der Waals surface area (Å²) >= 11 is 0. The van der Waals surface area contributed by atoms with Gasteiger partial charge in [0.2, 0.25) is 0 Å². The van der Waals surface area contributed by atoms with Crippen molar-refractivity contribution in [2.75, 3.05) is 0 Å². The summed E-state index contributed by atoms with van der Waals surface area (Å²) in [6, 6.07) is 4.94. The summed E-state index contributed by atoms with van der Waals surface area (Å²) in [5, 5.41) is 3.69. The molecule has 0 aromatic carbocycles. The van der Waals surface area contributed by atoms with E-state index in [9.17, 15) is 0 Å². The molecule has 0 saturated heterocycles. The number of hydrogen-bond donors (Lipinski definition) is 1. The number of rotatable bonds is 5. The van der Waals surface area contributed by atoms with Gasteiger partial charge < -0.3 is 5.32 Å². The van der Waals surface area contributed by atoms with Crippen molar-refractivity contribution >= 4 is 0 Å². The van der Waals surface area contributed by atoms with Gasteiger partial charge in [0.15, 0.2) is 0 Å². The lowest BCUT2D eigenvalue weighted by Gasteiger charge is -2.28. The second-order valence-electron chi connectivity index (χ2n) is 5.47. The maximum atomic E-state index is 4.50. The van der Waals surface area contributed by atoms with Crippen LogP contribution in [-0.2, 0) is 13.0 Å². The molecular formula is C16H26N2. The summed E-state index contributed by atoms with van der Waals surface area (Å²) in [7, 11) is 0. The van der Waals surface area contributed by atoms with Gasteiger partial charge in [-0.15, -0.1) is 0 Å². The average molecular weight is 246 g/mol. The van der Waals surface area contributed by atoms with Crippen LogP contribution < -0.4 is 5.32 Å². The molecule has 2 rings (SSSR count). The molecule has 1 aliphatic rings. The molecule has 0 atom stereocenters. The third kappa shape index (κ3) is 3.55. The normalized spacial score (nSPS) is 24.1. The first-order valence-corrected chi connectivity index (χ1v) is 7.49. The van der Waals surface area contributed by atoms with Gasteiger partial charge in [0.25, 0.3) is 0 Å². The van der Waals surface area contributed by atoms with Gasteiger partial charge in [0.1, 0.15) is 0 Å². The minimum absolute atomic E-state index is 0.708. The van der Waals surface area contributed by atoms with E-state index in [0.29, 0.717) is 6.04 Å². The van der Waals surface area contributed by atoms with E-state index in [1.165, 1.54) is 43.4 Å². The quantitative estimate of drug-likeness (QED) is 0.857. The first kappa shape index (κ1) is 13.5. The zero-order valence-electron chi connectivity index (χ0n) is 11.8. The van der Waals surface area contributed by atoms with E-state index in [-0.39, 0.29) is 0 Å². The molecular weight excluding hydrogens is 220 g/mol. The lowest BCUT2D eigenvalue weighted by atomic mass is 9.84. The molecule has 100 valence electrons. The Labute approximate surface area is 111 Å². The van der Waals surface area contributed by atoms with Crippen LogP contribution >= 0.6 is 0 Å². The summed E-state index contributed by atoms with van der Waals surface area (Å²) in [5.41, 5.74) is 2.62. The Morgan fingerprint density at radius 3 is 2.67 bits per heavy atom. The molecule has 1 fully saturated rings. The van der Waals surface area contributed by atoms with Gasteiger partial charge in [0, 0.05) is 18.8 Å². The molecule has 18 heavy (non-hydrogen) atoms.